The molecule has 0 unspecified atom stereocenters. The highest BCUT2D eigenvalue weighted by atomic mass is 28.3. The first kappa shape index (κ1) is 9.62. The third-order valence-electron chi connectivity index (χ3n) is 1.50. The van der Waals surface area contributed by atoms with Gasteiger partial charge in [0.15, 0.2) is 0 Å². The van der Waals surface area contributed by atoms with Crippen LogP contribution in [0.3, 0.4) is 0 Å². The average Bonchev–Trinajstić information content (AvgIpc) is 1.90. The Morgan fingerprint density at radius 3 is 1.00 bits per heavy atom. The second kappa shape index (κ2) is 6.73. The van der Waals surface area contributed by atoms with Gasteiger partial charge in [-0.25, -0.2) is 0 Å². The molecule has 0 spiro atoms. The Kier molecular flexibility index (Phi) is 6.47. The predicted octanol–water partition coefficient (Wildman–Crippen LogP) is 0.727. The average molecular weight is 162 g/mol. The number of rotatable bonds is 0. The lowest BCUT2D eigenvalue weighted by molar-refractivity contribution is 0.330. The lowest BCUT2D eigenvalue weighted by atomic mass is 10.0. The molecule has 4 heteroatoms. The van der Waals surface area contributed by atoms with Gasteiger partial charge in [-0.2, -0.15) is 0 Å². The standard InChI is InChI=1S/C6H12.H2O3Si/c1-2-4-6-5-3-1;1-4(2)3/h1-6H2;1-2H. The third-order valence-corrected chi connectivity index (χ3v) is 1.50. The molecule has 0 radical (unpaired) electrons. The summed E-state index contributed by atoms with van der Waals surface area (Å²) in [6.45, 7) is 0. The molecule has 0 aromatic carbocycles. The molecule has 0 aromatic rings. The van der Waals surface area contributed by atoms with Crippen molar-refractivity contribution in [1.29, 1.82) is 0 Å². The molecule has 0 atom stereocenters. The van der Waals surface area contributed by atoms with E-state index < -0.39 is 9.17 Å². The van der Waals surface area contributed by atoms with Crippen LogP contribution in [0.5, 0.6) is 0 Å². The van der Waals surface area contributed by atoms with Gasteiger partial charge in [0, 0.05) is 0 Å². The van der Waals surface area contributed by atoms with Crippen LogP contribution < -0.4 is 0 Å². The molecule has 3 nitrogen and oxygen atoms in total. The molecule has 2 N–H and O–H groups in total. The lowest BCUT2D eigenvalue weighted by Gasteiger charge is -2.05. The van der Waals surface area contributed by atoms with E-state index >= 15 is 0 Å². The topological polar surface area (TPSA) is 57.5 Å². The SMILES string of the molecule is C1CCCCC1.O=[Si](O)O. The molecule has 0 amide bonds. The van der Waals surface area contributed by atoms with Crippen molar-refractivity contribution in [2.75, 3.05) is 0 Å². The van der Waals surface area contributed by atoms with Gasteiger partial charge in [0.25, 0.3) is 0 Å². The molecule has 0 aromatic heterocycles. The molecule has 0 aliphatic heterocycles. The van der Waals surface area contributed by atoms with Crippen molar-refractivity contribution < 1.29 is 14.1 Å². The Hall–Kier alpha value is -0.383. The summed E-state index contributed by atoms with van der Waals surface area (Å²) < 4.78 is 8.74. The summed E-state index contributed by atoms with van der Waals surface area (Å²) in [5, 5.41) is 0. The van der Waals surface area contributed by atoms with E-state index in [-0.39, 0.29) is 0 Å². The van der Waals surface area contributed by atoms with Crippen LogP contribution >= 0.6 is 0 Å². The number of hydrogen-bond donors (Lipinski definition) is 2. The van der Waals surface area contributed by atoms with Crippen LogP contribution in [0.25, 0.3) is 0 Å². The number of hydrogen-bond acceptors (Lipinski definition) is 1. The van der Waals surface area contributed by atoms with E-state index in [1.807, 2.05) is 0 Å². The van der Waals surface area contributed by atoms with E-state index in [2.05, 4.69) is 0 Å². The van der Waals surface area contributed by atoms with Crippen molar-refractivity contribution in [3.63, 3.8) is 0 Å². The van der Waals surface area contributed by atoms with Gasteiger partial charge in [-0.1, -0.05) is 38.5 Å². The van der Waals surface area contributed by atoms with Crippen molar-refractivity contribution in [3.05, 3.63) is 0 Å². The second-order valence-electron chi connectivity index (χ2n) is 2.40. The van der Waals surface area contributed by atoms with Crippen LogP contribution in [-0.4, -0.2) is 18.8 Å². The van der Waals surface area contributed by atoms with Gasteiger partial charge in [0.1, 0.15) is 0 Å². The highest BCUT2D eigenvalue weighted by Crippen LogP contribution is 2.15. The van der Waals surface area contributed by atoms with Gasteiger partial charge in [0.2, 0.25) is 0 Å². The summed E-state index contributed by atoms with van der Waals surface area (Å²) >= 11 is 0. The maximum Gasteiger partial charge on any atom is 0.761 e. The molecule has 1 rings (SSSR count). The minimum atomic E-state index is -3.13. The molecule has 1 fully saturated rings. The third kappa shape index (κ3) is 10.6. The Balaban J connectivity index is 0.000000180. The molecule has 1 saturated carbocycles. The van der Waals surface area contributed by atoms with Crippen LogP contribution in [0.1, 0.15) is 38.5 Å². The summed E-state index contributed by atoms with van der Waals surface area (Å²) in [7, 11) is -3.13. The summed E-state index contributed by atoms with van der Waals surface area (Å²) in [5.74, 6) is 0. The van der Waals surface area contributed by atoms with Gasteiger partial charge in [-0.15, -0.1) is 0 Å². The first-order valence-electron chi connectivity index (χ1n) is 3.65. The molecule has 1 aliphatic rings. The van der Waals surface area contributed by atoms with Crippen molar-refractivity contribution in [2.45, 2.75) is 38.5 Å². The maximum absolute atomic E-state index is 8.74. The monoisotopic (exact) mass is 162 g/mol. The van der Waals surface area contributed by atoms with Gasteiger partial charge < -0.3 is 9.59 Å². The Bertz CT molecular complexity index is 75.5. The fraction of sp³-hybridized carbons (Fsp3) is 1.00. The zero-order valence-electron chi connectivity index (χ0n) is 6.05. The van der Waals surface area contributed by atoms with Crippen LogP contribution in [0.15, 0.2) is 0 Å². The van der Waals surface area contributed by atoms with E-state index in [1.165, 1.54) is 38.5 Å². The Morgan fingerprint density at radius 2 is 0.900 bits per heavy atom. The summed E-state index contributed by atoms with van der Waals surface area (Å²) in [5.41, 5.74) is 0. The summed E-state index contributed by atoms with van der Waals surface area (Å²) in [6.07, 6.45) is 9.00. The molecular formula is C6H14O3Si. The summed E-state index contributed by atoms with van der Waals surface area (Å²) in [6, 6.07) is 0. The minimum Gasteiger partial charge on any atom is -0.511 e. The first-order valence-corrected chi connectivity index (χ1v) is 4.95. The normalized spacial score (nSPS) is 16.8. The zero-order valence-corrected chi connectivity index (χ0v) is 7.05. The maximum atomic E-state index is 8.74. The lowest BCUT2D eigenvalue weighted by Crippen LogP contribution is -1.90. The predicted molar refractivity (Wildman–Crippen MR) is 38.6 cm³/mol. The van der Waals surface area contributed by atoms with Crippen LogP contribution in [-0.2, 0) is 4.46 Å². The van der Waals surface area contributed by atoms with Crippen molar-refractivity contribution in [1.82, 2.24) is 0 Å². The molecule has 1 aliphatic carbocycles. The zero-order chi connectivity index (χ0) is 7.82. The fourth-order valence-corrected chi connectivity index (χ4v) is 1.06. The van der Waals surface area contributed by atoms with Crippen LogP contribution in [0, 0.1) is 0 Å². The highest BCUT2D eigenvalue weighted by Gasteiger charge is 1.95. The first-order chi connectivity index (χ1) is 4.73. The molecule has 10 heavy (non-hydrogen) atoms. The van der Waals surface area contributed by atoms with Crippen LogP contribution in [0.4, 0.5) is 0 Å². The highest BCUT2D eigenvalue weighted by molar-refractivity contribution is 6.22. The van der Waals surface area contributed by atoms with E-state index in [9.17, 15) is 0 Å². The molecule has 0 bridgehead atoms. The van der Waals surface area contributed by atoms with Crippen molar-refractivity contribution in [3.8, 4) is 0 Å². The second-order valence-corrected chi connectivity index (χ2v) is 2.97. The molecule has 0 heterocycles. The van der Waals surface area contributed by atoms with E-state index in [0.29, 0.717) is 0 Å². The van der Waals surface area contributed by atoms with Gasteiger partial charge in [-0.3, -0.25) is 4.46 Å². The minimum absolute atomic E-state index is 1.50. The smallest absolute Gasteiger partial charge is 0.511 e. The quantitative estimate of drug-likeness (QED) is 0.516. The van der Waals surface area contributed by atoms with Crippen molar-refractivity contribution >= 4 is 9.17 Å². The van der Waals surface area contributed by atoms with E-state index in [1.54, 1.807) is 0 Å². The van der Waals surface area contributed by atoms with E-state index in [4.69, 9.17) is 14.1 Å². The molecule has 60 valence electrons. The summed E-state index contributed by atoms with van der Waals surface area (Å²) in [4.78, 5) is 14.3. The molecular weight excluding hydrogens is 148 g/mol. The van der Waals surface area contributed by atoms with Crippen molar-refractivity contribution in [2.24, 2.45) is 0 Å². The Morgan fingerprint density at radius 1 is 0.800 bits per heavy atom. The largest absolute Gasteiger partial charge is 0.761 e. The van der Waals surface area contributed by atoms with E-state index in [0.717, 1.165) is 0 Å². The Labute approximate surface area is 62.6 Å². The van der Waals surface area contributed by atoms with Gasteiger partial charge in [0.05, 0.1) is 0 Å². The molecule has 0 saturated heterocycles. The van der Waals surface area contributed by atoms with Gasteiger partial charge in [-0.05, 0) is 0 Å². The van der Waals surface area contributed by atoms with Crippen LogP contribution in [0.2, 0.25) is 0 Å². The van der Waals surface area contributed by atoms with Gasteiger partial charge >= 0.3 is 9.17 Å². The fourth-order valence-electron chi connectivity index (χ4n) is 1.06.